The van der Waals surface area contributed by atoms with Gasteiger partial charge in [-0.25, -0.2) is 9.78 Å². The number of thiazole rings is 1. The minimum absolute atomic E-state index is 0.156. The van der Waals surface area contributed by atoms with Crippen molar-refractivity contribution in [3.63, 3.8) is 0 Å². The summed E-state index contributed by atoms with van der Waals surface area (Å²) in [5.41, 5.74) is 0.000549. The molecule has 5 nitrogen and oxygen atoms in total. The fraction of sp³-hybridized carbons (Fsp3) is 0.438. The molecule has 0 radical (unpaired) electrons. The SMILES string of the molecule is COC(=O)C(C)(C)NC(=O)CCCc1nc2ccccc2s1. The Balaban J connectivity index is 1.83. The molecule has 1 amide bonds. The van der Waals surface area contributed by atoms with E-state index in [0.29, 0.717) is 12.8 Å². The fourth-order valence-corrected chi connectivity index (χ4v) is 3.15. The molecule has 0 unspecified atom stereocenters. The van der Waals surface area contributed by atoms with E-state index in [1.165, 1.54) is 7.11 Å². The van der Waals surface area contributed by atoms with Crippen LogP contribution in [-0.4, -0.2) is 29.5 Å². The van der Waals surface area contributed by atoms with Gasteiger partial charge in [-0.2, -0.15) is 0 Å². The highest BCUT2D eigenvalue weighted by atomic mass is 32.1. The largest absolute Gasteiger partial charge is 0.467 e. The first-order valence-electron chi connectivity index (χ1n) is 7.16. The molecule has 2 aromatic rings. The lowest BCUT2D eigenvalue weighted by Gasteiger charge is -2.22. The van der Waals surface area contributed by atoms with Gasteiger partial charge >= 0.3 is 5.97 Å². The number of carbonyl (C=O) groups excluding carboxylic acids is 2. The van der Waals surface area contributed by atoms with Gasteiger partial charge in [0.15, 0.2) is 0 Å². The third-order valence-corrected chi connectivity index (χ3v) is 4.38. The number of methoxy groups -OCH3 is 1. The zero-order chi connectivity index (χ0) is 16.2. The van der Waals surface area contributed by atoms with Gasteiger partial charge in [0, 0.05) is 6.42 Å². The Morgan fingerprint density at radius 3 is 2.73 bits per heavy atom. The number of ether oxygens (including phenoxy) is 1. The second-order valence-corrected chi connectivity index (χ2v) is 6.71. The fourth-order valence-electron chi connectivity index (χ4n) is 2.14. The average Bonchev–Trinajstić information content (AvgIpc) is 2.88. The Bertz CT molecular complexity index is 646. The summed E-state index contributed by atoms with van der Waals surface area (Å²) in [5.74, 6) is -0.608. The second-order valence-electron chi connectivity index (χ2n) is 5.59. The first-order chi connectivity index (χ1) is 10.4. The predicted molar refractivity (Wildman–Crippen MR) is 86.8 cm³/mol. The van der Waals surface area contributed by atoms with Gasteiger partial charge in [-0.1, -0.05) is 12.1 Å². The molecule has 0 atom stereocenters. The molecule has 22 heavy (non-hydrogen) atoms. The summed E-state index contributed by atoms with van der Waals surface area (Å²) < 4.78 is 5.82. The molecule has 0 bridgehead atoms. The van der Waals surface area contributed by atoms with Gasteiger partial charge in [0.05, 0.1) is 22.3 Å². The van der Waals surface area contributed by atoms with Crippen molar-refractivity contribution in [2.24, 2.45) is 0 Å². The van der Waals surface area contributed by atoms with E-state index in [1.807, 2.05) is 24.3 Å². The van der Waals surface area contributed by atoms with Crippen molar-refractivity contribution in [2.45, 2.75) is 38.6 Å². The van der Waals surface area contributed by atoms with Gasteiger partial charge in [0.25, 0.3) is 0 Å². The lowest BCUT2D eigenvalue weighted by molar-refractivity contribution is -0.149. The van der Waals surface area contributed by atoms with Gasteiger partial charge in [0.1, 0.15) is 5.54 Å². The summed E-state index contributed by atoms with van der Waals surface area (Å²) in [4.78, 5) is 28.0. The van der Waals surface area contributed by atoms with E-state index < -0.39 is 11.5 Å². The highest BCUT2D eigenvalue weighted by Crippen LogP contribution is 2.22. The van der Waals surface area contributed by atoms with Crippen LogP contribution in [0.3, 0.4) is 0 Å². The van der Waals surface area contributed by atoms with Gasteiger partial charge < -0.3 is 10.1 Å². The third-order valence-electron chi connectivity index (χ3n) is 3.28. The topological polar surface area (TPSA) is 68.3 Å². The van der Waals surface area contributed by atoms with E-state index in [-0.39, 0.29) is 5.91 Å². The van der Waals surface area contributed by atoms with Crippen LogP contribution < -0.4 is 5.32 Å². The first-order valence-corrected chi connectivity index (χ1v) is 7.98. The van der Waals surface area contributed by atoms with Gasteiger partial charge in [-0.05, 0) is 38.8 Å². The van der Waals surface area contributed by atoms with Crippen LogP contribution in [-0.2, 0) is 20.7 Å². The number of rotatable bonds is 6. The summed E-state index contributed by atoms with van der Waals surface area (Å²) in [7, 11) is 1.31. The van der Waals surface area contributed by atoms with Crippen molar-refractivity contribution >= 4 is 33.4 Å². The molecule has 1 aromatic carbocycles. The number of esters is 1. The number of nitrogens with one attached hydrogen (secondary N) is 1. The van der Waals surface area contributed by atoms with Crippen LogP contribution in [0.2, 0.25) is 0 Å². The molecule has 6 heteroatoms. The van der Waals surface area contributed by atoms with E-state index in [2.05, 4.69) is 15.0 Å². The number of nitrogens with zero attached hydrogens (tertiary/aromatic N) is 1. The van der Waals surface area contributed by atoms with E-state index in [9.17, 15) is 9.59 Å². The summed E-state index contributed by atoms with van der Waals surface area (Å²) >= 11 is 1.65. The van der Waals surface area contributed by atoms with Crippen molar-refractivity contribution in [2.75, 3.05) is 7.11 Å². The predicted octanol–water partition coefficient (Wildman–Crippen LogP) is 2.69. The Kier molecular flexibility index (Phi) is 5.13. The van der Waals surface area contributed by atoms with Crippen LogP contribution in [0.4, 0.5) is 0 Å². The molecule has 1 heterocycles. The second kappa shape index (κ2) is 6.87. The number of aryl methyl sites for hydroxylation is 1. The molecule has 0 spiro atoms. The Morgan fingerprint density at radius 1 is 1.32 bits per heavy atom. The van der Waals surface area contributed by atoms with E-state index in [4.69, 9.17) is 0 Å². The molecule has 0 saturated heterocycles. The minimum Gasteiger partial charge on any atom is -0.467 e. The first kappa shape index (κ1) is 16.4. The Labute approximate surface area is 133 Å². The summed E-state index contributed by atoms with van der Waals surface area (Å²) in [5, 5.41) is 3.72. The monoisotopic (exact) mass is 320 g/mol. The standard InChI is InChI=1S/C16H20N2O3S/c1-16(2,15(20)21-3)18-13(19)9-6-10-14-17-11-7-4-5-8-12(11)22-14/h4-5,7-8H,6,9-10H2,1-3H3,(H,18,19). The molecule has 1 aromatic heterocycles. The molecule has 0 aliphatic rings. The highest BCUT2D eigenvalue weighted by molar-refractivity contribution is 7.18. The maximum absolute atomic E-state index is 11.9. The summed E-state index contributed by atoms with van der Waals surface area (Å²) in [6.45, 7) is 3.26. The van der Waals surface area contributed by atoms with Crippen LogP contribution in [0, 0.1) is 0 Å². The van der Waals surface area contributed by atoms with Crippen molar-refractivity contribution in [1.29, 1.82) is 0 Å². The molecule has 0 aliphatic heterocycles. The van der Waals surface area contributed by atoms with E-state index in [0.717, 1.165) is 21.6 Å². The number of benzene rings is 1. The third kappa shape index (κ3) is 4.04. The number of aromatic nitrogens is 1. The number of amides is 1. The number of hydrogen-bond acceptors (Lipinski definition) is 5. The lowest BCUT2D eigenvalue weighted by atomic mass is 10.1. The zero-order valence-corrected chi connectivity index (χ0v) is 13.8. The van der Waals surface area contributed by atoms with E-state index in [1.54, 1.807) is 25.2 Å². The maximum atomic E-state index is 11.9. The number of para-hydroxylation sites is 1. The van der Waals surface area contributed by atoms with Crippen molar-refractivity contribution in [3.8, 4) is 0 Å². The smallest absolute Gasteiger partial charge is 0.330 e. The van der Waals surface area contributed by atoms with Crippen LogP contribution in [0.15, 0.2) is 24.3 Å². The average molecular weight is 320 g/mol. The van der Waals surface area contributed by atoms with E-state index >= 15 is 0 Å². The summed E-state index contributed by atoms with van der Waals surface area (Å²) in [6.07, 6.45) is 1.81. The molecule has 118 valence electrons. The van der Waals surface area contributed by atoms with Gasteiger partial charge in [-0.3, -0.25) is 4.79 Å². The molecular formula is C16H20N2O3S. The Hall–Kier alpha value is -1.95. The lowest BCUT2D eigenvalue weighted by Crippen LogP contribution is -2.50. The van der Waals surface area contributed by atoms with Crippen molar-refractivity contribution < 1.29 is 14.3 Å². The quantitative estimate of drug-likeness (QED) is 0.831. The summed E-state index contributed by atoms with van der Waals surface area (Å²) in [6, 6.07) is 7.99. The normalized spacial score (nSPS) is 11.4. The van der Waals surface area contributed by atoms with Crippen molar-refractivity contribution in [3.05, 3.63) is 29.3 Å². The molecule has 0 aliphatic carbocycles. The molecule has 1 N–H and O–H groups in total. The number of fused-ring (bicyclic) bond motifs is 1. The Morgan fingerprint density at radius 2 is 2.05 bits per heavy atom. The number of carbonyl (C=O) groups is 2. The molecule has 0 saturated carbocycles. The van der Waals surface area contributed by atoms with Crippen LogP contribution in [0.5, 0.6) is 0 Å². The maximum Gasteiger partial charge on any atom is 0.330 e. The molecule has 0 fully saturated rings. The van der Waals surface area contributed by atoms with Crippen LogP contribution in [0.25, 0.3) is 10.2 Å². The minimum atomic E-state index is -0.998. The van der Waals surface area contributed by atoms with Crippen LogP contribution >= 0.6 is 11.3 Å². The van der Waals surface area contributed by atoms with Gasteiger partial charge in [0.2, 0.25) is 5.91 Å². The number of hydrogen-bond donors (Lipinski definition) is 1. The van der Waals surface area contributed by atoms with Crippen LogP contribution in [0.1, 0.15) is 31.7 Å². The highest BCUT2D eigenvalue weighted by Gasteiger charge is 2.30. The van der Waals surface area contributed by atoms with Gasteiger partial charge in [-0.15, -0.1) is 11.3 Å². The van der Waals surface area contributed by atoms with Crippen molar-refractivity contribution in [1.82, 2.24) is 10.3 Å². The zero-order valence-electron chi connectivity index (χ0n) is 13.0. The molecule has 2 rings (SSSR count). The molecular weight excluding hydrogens is 300 g/mol.